The van der Waals surface area contributed by atoms with Gasteiger partial charge in [-0.25, -0.2) is 19.2 Å². The van der Waals surface area contributed by atoms with Crippen LogP contribution >= 0.6 is 0 Å². The first-order chi connectivity index (χ1) is 21.1. The molecule has 0 atom stereocenters. The second-order valence-electron chi connectivity index (χ2n) is 9.13. The average Bonchev–Trinajstić information content (AvgIpc) is 3.45. The quantitative estimate of drug-likeness (QED) is 0.0832. The zero-order valence-corrected chi connectivity index (χ0v) is 24.4. The number of carboxylic acid groups (broad SMARTS) is 2. The van der Waals surface area contributed by atoms with Crippen molar-refractivity contribution in [3.8, 4) is 0 Å². The van der Waals surface area contributed by atoms with Crippen molar-refractivity contribution in [2.24, 2.45) is 0 Å². The summed E-state index contributed by atoms with van der Waals surface area (Å²) in [5.41, 5.74) is 0.362. The molecular weight excluding hydrogens is 584 g/mol. The molecule has 0 aliphatic rings. The highest BCUT2D eigenvalue weighted by Crippen LogP contribution is 2.45. The molecular formula is C28H34N4O12. The first-order valence-corrected chi connectivity index (χ1v) is 13.4. The number of methoxy groups -OCH3 is 2. The fourth-order valence-corrected chi connectivity index (χ4v) is 4.41. The summed E-state index contributed by atoms with van der Waals surface area (Å²) < 4.78 is 24.3. The number of ketones is 1. The molecule has 0 radical (unpaired) electrons. The van der Waals surface area contributed by atoms with E-state index in [9.17, 15) is 34.2 Å². The van der Waals surface area contributed by atoms with Gasteiger partial charge in [0.05, 0.1) is 25.6 Å². The van der Waals surface area contributed by atoms with E-state index in [-0.39, 0.29) is 80.6 Å². The van der Waals surface area contributed by atoms with Crippen LogP contribution in [0.2, 0.25) is 0 Å². The Hall–Kier alpha value is -5.09. The molecule has 3 rings (SSSR count). The number of nitrogens with one attached hydrogen (secondary N) is 2. The predicted molar refractivity (Wildman–Crippen MR) is 157 cm³/mol. The molecule has 0 saturated carbocycles. The van der Waals surface area contributed by atoms with Crippen molar-refractivity contribution in [1.29, 1.82) is 0 Å². The van der Waals surface area contributed by atoms with Crippen molar-refractivity contribution in [2.45, 2.75) is 6.92 Å². The lowest BCUT2D eigenvalue weighted by Gasteiger charge is -2.26. The standard InChI is InChI=1S/C28H34N4O12/c1-17(33)21-16-20-22(31(25(34)35)12-8-29-10-14-42-27(38)40-2)18-6-4-5-7-19(18)23(24(20)44-21)32(26(36)37)13-9-30-11-15-43-28(39)41-3/h4-7,16,29-30H,8-15H2,1-3H3,(H,34,35)(H,36,37). The Balaban J connectivity index is 2.00. The number of rotatable bonds is 15. The smallest absolute Gasteiger partial charge is 0.465 e. The van der Waals surface area contributed by atoms with Gasteiger partial charge in [0.2, 0.25) is 0 Å². The fourth-order valence-electron chi connectivity index (χ4n) is 4.41. The minimum atomic E-state index is -1.31. The van der Waals surface area contributed by atoms with E-state index in [1.807, 2.05) is 0 Å². The second kappa shape index (κ2) is 15.9. The third-order valence-electron chi connectivity index (χ3n) is 6.34. The molecule has 16 nitrogen and oxygen atoms in total. The number of hydrogen-bond donors (Lipinski definition) is 4. The summed E-state index contributed by atoms with van der Waals surface area (Å²) in [5.74, 6) is -0.518. The van der Waals surface area contributed by atoms with Crippen LogP contribution in [0.15, 0.2) is 34.7 Å². The Bertz CT molecular complexity index is 1400. The molecule has 0 saturated heterocycles. The molecule has 0 fully saturated rings. The van der Waals surface area contributed by atoms with Crippen LogP contribution < -0.4 is 20.4 Å². The molecule has 238 valence electrons. The Morgan fingerprint density at radius 1 is 0.750 bits per heavy atom. The number of fused-ring (bicyclic) bond motifs is 2. The Kier molecular flexibility index (Phi) is 12.1. The molecule has 0 aliphatic heterocycles. The van der Waals surface area contributed by atoms with E-state index in [1.165, 1.54) is 27.2 Å². The van der Waals surface area contributed by atoms with Crippen LogP contribution in [-0.2, 0) is 18.9 Å². The molecule has 16 heteroatoms. The molecule has 44 heavy (non-hydrogen) atoms. The van der Waals surface area contributed by atoms with E-state index < -0.39 is 30.3 Å². The third-order valence-corrected chi connectivity index (χ3v) is 6.34. The number of carbonyl (C=O) groups excluding carboxylic acids is 3. The first-order valence-electron chi connectivity index (χ1n) is 13.4. The maximum absolute atomic E-state index is 12.6. The van der Waals surface area contributed by atoms with Crippen LogP contribution in [0.5, 0.6) is 0 Å². The highest BCUT2D eigenvalue weighted by atomic mass is 16.7. The lowest BCUT2D eigenvalue weighted by atomic mass is 10.0. The highest BCUT2D eigenvalue weighted by Gasteiger charge is 2.29. The molecule has 2 amide bonds. The Labute approximate surface area is 251 Å². The van der Waals surface area contributed by atoms with Gasteiger partial charge in [0.1, 0.15) is 13.2 Å². The summed E-state index contributed by atoms with van der Waals surface area (Å²) in [4.78, 5) is 61.8. The second-order valence-corrected chi connectivity index (χ2v) is 9.13. The van der Waals surface area contributed by atoms with E-state index in [0.29, 0.717) is 10.8 Å². The van der Waals surface area contributed by atoms with Gasteiger partial charge in [0, 0.05) is 62.4 Å². The topological polar surface area (TPSA) is 206 Å². The van der Waals surface area contributed by atoms with Gasteiger partial charge in [-0.2, -0.15) is 0 Å². The third kappa shape index (κ3) is 8.26. The fraction of sp³-hybridized carbons (Fsp3) is 0.393. The molecule has 0 bridgehead atoms. The van der Waals surface area contributed by atoms with Gasteiger partial charge in [-0.3, -0.25) is 14.6 Å². The van der Waals surface area contributed by atoms with Gasteiger partial charge >= 0.3 is 24.5 Å². The summed E-state index contributed by atoms with van der Waals surface area (Å²) in [5, 5.41) is 27.4. The van der Waals surface area contributed by atoms with E-state index in [1.54, 1.807) is 24.3 Å². The van der Waals surface area contributed by atoms with Crippen molar-refractivity contribution < 1.29 is 57.6 Å². The number of hydrogen-bond acceptors (Lipinski definition) is 12. The zero-order valence-electron chi connectivity index (χ0n) is 24.4. The number of amides is 2. The van der Waals surface area contributed by atoms with E-state index in [0.717, 1.165) is 9.80 Å². The van der Waals surface area contributed by atoms with E-state index >= 15 is 0 Å². The summed E-state index contributed by atoms with van der Waals surface area (Å²) in [6.07, 6.45) is -4.29. The SMILES string of the molecule is COC(=O)OCCNCCN(C(=O)O)c1c2ccccc2c(N(CCNCCOC(=O)OC)C(=O)O)c2oc(C(C)=O)cc12. The predicted octanol–water partition coefficient (Wildman–Crippen LogP) is 3.50. The minimum absolute atomic E-state index is 0.0000424. The van der Waals surface area contributed by atoms with Crippen molar-refractivity contribution in [2.75, 3.05) is 76.5 Å². The van der Waals surface area contributed by atoms with Crippen molar-refractivity contribution >= 4 is 63.4 Å². The molecule has 2 aromatic carbocycles. The van der Waals surface area contributed by atoms with E-state index in [4.69, 9.17) is 13.9 Å². The summed E-state index contributed by atoms with van der Waals surface area (Å²) in [7, 11) is 2.36. The lowest BCUT2D eigenvalue weighted by molar-refractivity contribution is 0.0726. The molecule has 0 spiro atoms. The van der Waals surface area contributed by atoms with Crippen LogP contribution in [-0.4, -0.2) is 107 Å². The van der Waals surface area contributed by atoms with Crippen LogP contribution in [0.25, 0.3) is 21.7 Å². The molecule has 3 aromatic rings. The van der Waals surface area contributed by atoms with Gasteiger partial charge in [-0.1, -0.05) is 24.3 Å². The average molecular weight is 619 g/mol. The van der Waals surface area contributed by atoms with Gasteiger partial charge in [-0.15, -0.1) is 0 Å². The lowest BCUT2D eigenvalue weighted by Crippen LogP contribution is -2.38. The number of nitrogens with zero attached hydrogens (tertiary/aromatic N) is 2. The number of ether oxygens (including phenoxy) is 4. The Morgan fingerprint density at radius 3 is 1.68 bits per heavy atom. The molecule has 1 aromatic heterocycles. The monoisotopic (exact) mass is 618 g/mol. The molecule has 4 N–H and O–H groups in total. The Morgan fingerprint density at radius 2 is 1.23 bits per heavy atom. The van der Waals surface area contributed by atoms with Crippen molar-refractivity contribution in [3.63, 3.8) is 0 Å². The zero-order chi connectivity index (χ0) is 32.2. The van der Waals surface area contributed by atoms with Crippen LogP contribution in [0.4, 0.5) is 30.6 Å². The number of furan rings is 1. The maximum atomic E-state index is 12.6. The largest absolute Gasteiger partial charge is 0.508 e. The highest BCUT2D eigenvalue weighted by molar-refractivity contribution is 6.23. The molecule has 0 unspecified atom stereocenters. The van der Waals surface area contributed by atoms with E-state index in [2.05, 4.69) is 20.1 Å². The first kappa shape index (κ1) is 33.4. The molecule has 1 heterocycles. The van der Waals surface area contributed by atoms with Crippen molar-refractivity contribution in [1.82, 2.24) is 10.6 Å². The van der Waals surface area contributed by atoms with Crippen LogP contribution in [0.1, 0.15) is 17.5 Å². The summed E-state index contributed by atoms with van der Waals surface area (Å²) in [6, 6.07) is 8.05. The van der Waals surface area contributed by atoms with Crippen molar-refractivity contribution in [3.05, 3.63) is 36.1 Å². The van der Waals surface area contributed by atoms with Gasteiger partial charge in [0.25, 0.3) is 0 Å². The normalized spacial score (nSPS) is 10.8. The van der Waals surface area contributed by atoms with Gasteiger partial charge in [0.15, 0.2) is 17.1 Å². The number of benzene rings is 2. The van der Waals surface area contributed by atoms with Gasteiger partial charge in [-0.05, 0) is 6.07 Å². The summed E-state index contributed by atoms with van der Waals surface area (Å²) >= 11 is 0. The molecule has 0 aliphatic carbocycles. The summed E-state index contributed by atoms with van der Waals surface area (Å²) in [6.45, 7) is 1.94. The number of Topliss-reactive ketones (excluding diaryl/α,β-unsaturated/α-hetero) is 1. The number of carbonyl (C=O) groups is 5. The maximum Gasteiger partial charge on any atom is 0.508 e. The van der Waals surface area contributed by atoms with Crippen LogP contribution in [0.3, 0.4) is 0 Å². The number of anilines is 2. The van der Waals surface area contributed by atoms with Gasteiger partial charge < -0.3 is 44.2 Å². The minimum Gasteiger partial charge on any atom is -0.465 e. The van der Waals surface area contributed by atoms with Crippen LogP contribution in [0, 0.1) is 0 Å².